The van der Waals surface area contributed by atoms with Gasteiger partial charge >= 0.3 is 0 Å². The van der Waals surface area contributed by atoms with Crippen molar-refractivity contribution in [2.45, 2.75) is 13.8 Å². The van der Waals surface area contributed by atoms with E-state index in [4.69, 9.17) is 15.2 Å². The summed E-state index contributed by atoms with van der Waals surface area (Å²) < 4.78 is 10.7. The van der Waals surface area contributed by atoms with E-state index >= 15 is 0 Å². The highest BCUT2D eigenvalue weighted by Gasteiger charge is 2.08. The fourth-order valence-electron chi connectivity index (χ4n) is 1.20. The first kappa shape index (κ1) is 11.4. The van der Waals surface area contributed by atoms with Crippen LogP contribution in [0, 0.1) is 0 Å². The van der Waals surface area contributed by atoms with Gasteiger partial charge in [0.1, 0.15) is 0 Å². The van der Waals surface area contributed by atoms with E-state index in [1.165, 1.54) is 0 Å². The summed E-state index contributed by atoms with van der Waals surface area (Å²) in [5, 5.41) is 0. The minimum atomic E-state index is -0.473. The van der Waals surface area contributed by atoms with Crippen molar-refractivity contribution >= 4 is 5.91 Å². The Morgan fingerprint density at radius 1 is 1.20 bits per heavy atom. The molecule has 0 aliphatic heterocycles. The van der Waals surface area contributed by atoms with Crippen molar-refractivity contribution in [3.8, 4) is 11.5 Å². The van der Waals surface area contributed by atoms with Gasteiger partial charge in [0.05, 0.1) is 13.2 Å². The molecule has 0 aromatic heterocycles. The quantitative estimate of drug-likeness (QED) is 0.800. The zero-order valence-corrected chi connectivity index (χ0v) is 8.95. The summed E-state index contributed by atoms with van der Waals surface area (Å²) in [6.07, 6.45) is 0. The van der Waals surface area contributed by atoms with Gasteiger partial charge in [0.15, 0.2) is 11.5 Å². The van der Waals surface area contributed by atoms with Gasteiger partial charge < -0.3 is 15.2 Å². The van der Waals surface area contributed by atoms with Crippen LogP contribution in [0.5, 0.6) is 11.5 Å². The molecule has 15 heavy (non-hydrogen) atoms. The van der Waals surface area contributed by atoms with Gasteiger partial charge in [-0.25, -0.2) is 0 Å². The number of nitrogens with two attached hydrogens (primary N) is 1. The molecule has 2 N–H and O–H groups in total. The van der Waals surface area contributed by atoms with Gasteiger partial charge in [-0.1, -0.05) is 0 Å². The molecule has 0 heterocycles. The third kappa shape index (κ3) is 2.87. The molecule has 0 aliphatic carbocycles. The SMILES string of the molecule is CCOc1ccc(C(N)=O)cc1OCC. The predicted molar refractivity (Wildman–Crippen MR) is 57.3 cm³/mol. The molecule has 0 radical (unpaired) electrons. The zero-order valence-electron chi connectivity index (χ0n) is 8.95. The molecule has 1 rings (SSSR count). The molecule has 0 spiro atoms. The Balaban J connectivity index is 3.02. The summed E-state index contributed by atoms with van der Waals surface area (Å²) in [5.74, 6) is 0.707. The lowest BCUT2D eigenvalue weighted by molar-refractivity contribution is 0.1000. The van der Waals surface area contributed by atoms with Crippen LogP contribution in [0.4, 0.5) is 0 Å². The molecule has 0 aliphatic rings. The molecule has 82 valence electrons. The number of hydrogen-bond acceptors (Lipinski definition) is 3. The number of carbonyl (C=O) groups is 1. The first-order valence-corrected chi connectivity index (χ1v) is 4.88. The van der Waals surface area contributed by atoms with E-state index in [1.807, 2.05) is 13.8 Å². The summed E-state index contributed by atoms with van der Waals surface area (Å²) in [6, 6.07) is 4.90. The Labute approximate surface area is 89.0 Å². The number of carbonyl (C=O) groups excluding carboxylic acids is 1. The lowest BCUT2D eigenvalue weighted by atomic mass is 10.2. The summed E-state index contributed by atoms with van der Waals surface area (Å²) in [4.78, 5) is 11.0. The van der Waals surface area contributed by atoms with E-state index in [2.05, 4.69) is 0 Å². The predicted octanol–water partition coefficient (Wildman–Crippen LogP) is 1.58. The van der Waals surface area contributed by atoms with Crippen LogP contribution in [0.1, 0.15) is 24.2 Å². The van der Waals surface area contributed by atoms with Gasteiger partial charge in [-0.3, -0.25) is 4.79 Å². The minimum absolute atomic E-state index is 0.418. The van der Waals surface area contributed by atoms with E-state index < -0.39 is 5.91 Å². The van der Waals surface area contributed by atoms with E-state index in [0.717, 1.165) is 0 Å². The molecule has 0 saturated carbocycles. The van der Waals surface area contributed by atoms with Crippen LogP contribution < -0.4 is 15.2 Å². The van der Waals surface area contributed by atoms with Crippen LogP contribution >= 0.6 is 0 Å². The second-order valence-electron chi connectivity index (χ2n) is 2.89. The van der Waals surface area contributed by atoms with Crippen LogP contribution in [0.15, 0.2) is 18.2 Å². The van der Waals surface area contributed by atoms with E-state index in [0.29, 0.717) is 30.3 Å². The Kier molecular flexibility index (Phi) is 3.97. The maximum atomic E-state index is 11.0. The van der Waals surface area contributed by atoms with Gasteiger partial charge in [-0.15, -0.1) is 0 Å². The largest absolute Gasteiger partial charge is 0.490 e. The van der Waals surface area contributed by atoms with Gasteiger partial charge in [-0.2, -0.15) is 0 Å². The van der Waals surface area contributed by atoms with E-state index in [1.54, 1.807) is 18.2 Å². The second-order valence-corrected chi connectivity index (χ2v) is 2.89. The maximum absolute atomic E-state index is 11.0. The fraction of sp³-hybridized carbons (Fsp3) is 0.364. The highest BCUT2D eigenvalue weighted by Crippen LogP contribution is 2.28. The average Bonchev–Trinajstić information content (AvgIpc) is 2.21. The number of amides is 1. The summed E-state index contributed by atoms with van der Waals surface area (Å²) in [7, 11) is 0. The van der Waals surface area contributed by atoms with Gasteiger partial charge in [0, 0.05) is 5.56 Å². The van der Waals surface area contributed by atoms with Crippen LogP contribution in [-0.2, 0) is 0 Å². The standard InChI is InChI=1S/C11H15NO3/c1-3-14-9-6-5-8(11(12)13)7-10(9)15-4-2/h5-7H,3-4H2,1-2H3,(H2,12,13). The van der Waals surface area contributed by atoms with Crippen molar-refractivity contribution in [2.24, 2.45) is 5.73 Å². The molecule has 0 fully saturated rings. The normalized spacial score (nSPS) is 9.73. The molecule has 1 aromatic rings. The lowest BCUT2D eigenvalue weighted by Crippen LogP contribution is -2.11. The molecule has 1 aromatic carbocycles. The monoisotopic (exact) mass is 209 g/mol. The van der Waals surface area contributed by atoms with E-state index in [9.17, 15) is 4.79 Å². The molecule has 4 heteroatoms. The summed E-state index contributed by atoms with van der Waals surface area (Å²) >= 11 is 0. The molecule has 0 atom stereocenters. The van der Waals surface area contributed by atoms with Crippen LogP contribution in [-0.4, -0.2) is 19.1 Å². The average molecular weight is 209 g/mol. The Morgan fingerprint density at radius 2 is 1.80 bits per heavy atom. The van der Waals surface area contributed by atoms with Gasteiger partial charge in [0.2, 0.25) is 5.91 Å². The molecular weight excluding hydrogens is 194 g/mol. The van der Waals surface area contributed by atoms with Crippen LogP contribution in [0.3, 0.4) is 0 Å². The van der Waals surface area contributed by atoms with Crippen molar-refractivity contribution in [2.75, 3.05) is 13.2 Å². The Bertz CT molecular complexity index is 350. The highest BCUT2D eigenvalue weighted by atomic mass is 16.5. The second kappa shape index (κ2) is 5.24. The number of rotatable bonds is 5. The number of ether oxygens (including phenoxy) is 2. The van der Waals surface area contributed by atoms with E-state index in [-0.39, 0.29) is 0 Å². The van der Waals surface area contributed by atoms with Crippen LogP contribution in [0.2, 0.25) is 0 Å². The first-order valence-electron chi connectivity index (χ1n) is 4.88. The Morgan fingerprint density at radius 3 is 2.33 bits per heavy atom. The maximum Gasteiger partial charge on any atom is 0.248 e. The summed E-state index contributed by atoms with van der Waals surface area (Å²) in [5.41, 5.74) is 5.59. The third-order valence-corrected chi connectivity index (χ3v) is 1.83. The molecular formula is C11H15NO3. The molecule has 0 bridgehead atoms. The number of hydrogen-bond donors (Lipinski definition) is 1. The summed E-state index contributed by atoms with van der Waals surface area (Å²) in [6.45, 7) is 4.82. The minimum Gasteiger partial charge on any atom is -0.490 e. The van der Waals surface area contributed by atoms with Crippen molar-refractivity contribution < 1.29 is 14.3 Å². The highest BCUT2D eigenvalue weighted by molar-refractivity contribution is 5.93. The van der Waals surface area contributed by atoms with Crippen molar-refractivity contribution in [1.82, 2.24) is 0 Å². The lowest BCUT2D eigenvalue weighted by Gasteiger charge is -2.11. The molecule has 1 amide bonds. The zero-order chi connectivity index (χ0) is 11.3. The Hall–Kier alpha value is -1.71. The third-order valence-electron chi connectivity index (χ3n) is 1.83. The number of benzene rings is 1. The van der Waals surface area contributed by atoms with Gasteiger partial charge in [-0.05, 0) is 32.0 Å². The first-order chi connectivity index (χ1) is 7.19. The molecule has 0 saturated heterocycles. The van der Waals surface area contributed by atoms with Crippen LogP contribution in [0.25, 0.3) is 0 Å². The van der Waals surface area contributed by atoms with Gasteiger partial charge in [0.25, 0.3) is 0 Å². The van der Waals surface area contributed by atoms with Crippen molar-refractivity contribution in [3.05, 3.63) is 23.8 Å². The topological polar surface area (TPSA) is 61.5 Å². The molecule has 4 nitrogen and oxygen atoms in total. The smallest absolute Gasteiger partial charge is 0.248 e. The number of primary amides is 1. The molecule has 0 unspecified atom stereocenters. The van der Waals surface area contributed by atoms with Crippen molar-refractivity contribution in [3.63, 3.8) is 0 Å². The van der Waals surface area contributed by atoms with Crippen molar-refractivity contribution in [1.29, 1.82) is 0 Å². The fourth-order valence-corrected chi connectivity index (χ4v) is 1.20.